The zero-order valence-corrected chi connectivity index (χ0v) is 7.16. The molecule has 2 nitrogen and oxygen atoms in total. The number of alkyl halides is 2. The van der Waals surface area contributed by atoms with Crippen LogP contribution in [0.25, 0.3) is 0 Å². The van der Waals surface area contributed by atoms with Gasteiger partial charge in [-0.1, -0.05) is 10.8 Å². The van der Waals surface area contributed by atoms with Crippen molar-refractivity contribution in [3.8, 4) is 0 Å². The van der Waals surface area contributed by atoms with E-state index in [-0.39, 0.29) is 6.54 Å². The standard InChI is InChI=1S/C5H6F2N2S2/c6-5(7)3-9-2-4(11-10)1-8-9/h1-2,5,10H,3H2. The second-order valence-electron chi connectivity index (χ2n) is 1.88. The summed E-state index contributed by atoms with van der Waals surface area (Å²) in [4.78, 5) is 0.772. The van der Waals surface area contributed by atoms with Gasteiger partial charge in [0.05, 0.1) is 11.1 Å². The minimum absolute atomic E-state index is 0.353. The van der Waals surface area contributed by atoms with Crippen LogP contribution >= 0.6 is 22.5 Å². The molecule has 1 aromatic rings. The summed E-state index contributed by atoms with van der Waals surface area (Å²) in [5, 5.41) is 3.69. The predicted molar refractivity (Wildman–Crippen MR) is 43.1 cm³/mol. The summed E-state index contributed by atoms with van der Waals surface area (Å²) in [6, 6.07) is 0. The predicted octanol–water partition coefficient (Wildman–Crippen LogP) is 2.09. The smallest absolute Gasteiger partial charge is 0.257 e. The molecule has 0 bridgehead atoms. The average molecular weight is 196 g/mol. The van der Waals surface area contributed by atoms with E-state index in [1.165, 1.54) is 27.9 Å². The quantitative estimate of drug-likeness (QED) is 0.589. The highest BCUT2D eigenvalue weighted by atomic mass is 33.1. The Hall–Kier alpha value is -0.230. The van der Waals surface area contributed by atoms with E-state index in [2.05, 4.69) is 16.8 Å². The van der Waals surface area contributed by atoms with E-state index in [1.54, 1.807) is 0 Å². The fourth-order valence-corrected chi connectivity index (χ4v) is 1.18. The highest BCUT2D eigenvalue weighted by Gasteiger charge is 2.04. The van der Waals surface area contributed by atoms with Crippen molar-refractivity contribution in [3.63, 3.8) is 0 Å². The molecule has 0 saturated heterocycles. The molecule has 0 aliphatic heterocycles. The van der Waals surface area contributed by atoms with Crippen LogP contribution < -0.4 is 0 Å². The van der Waals surface area contributed by atoms with Gasteiger partial charge in [-0.2, -0.15) is 5.10 Å². The van der Waals surface area contributed by atoms with Crippen molar-refractivity contribution in [1.82, 2.24) is 9.78 Å². The van der Waals surface area contributed by atoms with Crippen LogP contribution in [0, 0.1) is 0 Å². The maximum Gasteiger partial charge on any atom is 0.257 e. The van der Waals surface area contributed by atoms with Crippen LogP contribution in [-0.4, -0.2) is 16.2 Å². The van der Waals surface area contributed by atoms with Crippen molar-refractivity contribution in [2.75, 3.05) is 0 Å². The first-order chi connectivity index (χ1) is 5.22. The van der Waals surface area contributed by atoms with Gasteiger partial charge in [-0.3, -0.25) is 4.68 Å². The van der Waals surface area contributed by atoms with Crippen LogP contribution in [0.5, 0.6) is 0 Å². The van der Waals surface area contributed by atoms with Gasteiger partial charge < -0.3 is 0 Å². The van der Waals surface area contributed by atoms with Crippen LogP contribution in [0.4, 0.5) is 8.78 Å². The number of aromatic nitrogens is 2. The van der Waals surface area contributed by atoms with Gasteiger partial charge in [0, 0.05) is 6.20 Å². The van der Waals surface area contributed by atoms with Crippen LogP contribution in [0.15, 0.2) is 17.3 Å². The molecule has 0 fully saturated rings. The monoisotopic (exact) mass is 196 g/mol. The average Bonchev–Trinajstić information content (AvgIpc) is 2.34. The maximum absolute atomic E-state index is 11.7. The Morgan fingerprint density at radius 1 is 1.73 bits per heavy atom. The van der Waals surface area contributed by atoms with Crippen molar-refractivity contribution in [2.24, 2.45) is 0 Å². The normalized spacial score (nSPS) is 10.9. The lowest BCUT2D eigenvalue weighted by Crippen LogP contribution is -2.06. The molecule has 0 atom stereocenters. The highest BCUT2D eigenvalue weighted by Crippen LogP contribution is 2.19. The molecule has 62 valence electrons. The van der Waals surface area contributed by atoms with Gasteiger partial charge in [-0.05, 0) is 0 Å². The lowest BCUT2D eigenvalue weighted by Gasteiger charge is -1.97. The molecule has 0 unspecified atom stereocenters. The van der Waals surface area contributed by atoms with Crippen molar-refractivity contribution in [1.29, 1.82) is 0 Å². The Labute approximate surface area is 71.8 Å². The minimum Gasteiger partial charge on any atom is -0.266 e. The second kappa shape index (κ2) is 3.96. The van der Waals surface area contributed by atoms with Gasteiger partial charge in [0.25, 0.3) is 6.43 Å². The second-order valence-corrected chi connectivity index (χ2v) is 3.08. The highest BCUT2D eigenvalue weighted by molar-refractivity contribution is 8.68. The molecule has 0 saturated carbocycles. The molecule has 0 aromatic carbocycles. The van der Waals surface area contributed by atoms with E-state index in [0.717, 1.165) is 4.90 Å². The van der Waals surface area contributed by atoms with E-state index in [9.17, 15) is 8.78 Å². The number of nitrogens with zero attached hydrogens (tertiary/aromatic N) is 2. The Bertz CT molecular complexity index is 226. The lowest BCUT2D eigenvalue weighted by molar-refractivity contribution is 0.121. The third kappa shape index (κ3) is 2.70. The molecule has 0 aliphatic carbocycles. The first-order valence-corrected chi connectivity index (χ1v) is 4.71. The summed E-state index contributed by atoms with van der Waals surface area (Å²) < 4.78 is 24.7. The van der Waals surface area contributed by atoms with Gasteiger partial charge >= 0.3 is 0 Å². The summed E-state index contributed by atoms with van der Waals surface area (Å²) in [6.07, 6.45) is 0.678. The van der Waals surface area contributed by atoms with Crippen LogP contribution in [0.1, 0.15) is 0 Å². The molecular weight excluding hydrogens is 190 g/mol. The van der Waals surface area contributed by atoms with Crippen molar-refractivity contribution < 1.29 is 8.78 Å². The topological polar surface area (TPSA) is 17.8 Å². The molecular formula is C5H6F2N2S2. The van der Waals surface area contributed by atoms with E-state index in [1.807, 2.05) is 0 Å². The zero-order chi connectivity index (χ0) is 8.27. The Balaban J connectivity index is 2.58. The minimum atomic E-state index is -2.35. The van der Waals surface area contributed by atoms with Crippen molar-refractivity contribution >= 4 is 22.5 Å². The maximum atomic E-state index is 11.7. The van der Waals surface area contributed by atoms with Gasteiger partial charge in [0.1, 0.15) is 6.54 Å². The van der Waals surface area contributed by atoms with Crippen LogP contribution in [0.2, 0.25) is 0 Å². The largest absolute Gasteiger partial charge is 0.266 e. The number of hydrogen-bond acceptors (Lipinski definition) is 3. The van der Waals surface area contributed by atoms with Gasteiger partial charge in [-0.25, -0.2) is 8.78 Å². The number of rotatable bonds is 3. The van der Waals surface area contributed by atoms with E-state index >= 15 is 0 Å². The summed E-state index contributed by atoms with van der Waals surface area (Å²) >= 11 is 3.89. The molecule has 0 radical (unpaired) electrons. The molecule has 1 rings (SSSR count). The van der Waals surface area contributed by atoms with Gasteiger partial charge in [0.15, 0.2) is 0 Å². The Kier molecular flexibility index (Phi) is 3.19. The van der Waals surface area contributed by atoms with Crippen molar-refractivity contribution in [2.45, 2.75) is 17.9 Å². The van der Waals surface area contributed by atoms with Gasteiger partial charge in [0.2, 0.25) is 0 Å². The molecule has 0 spiro atoms. The SMILES string of the molecule is FC(F)Cn1cc(SS)cn1. The molecule has 11 heavy (non-hydrogen) atoms. The molecule has 0 amide bonds. The Morgan fingerprint density at radius 2 is 2.45 bits per heavy atom. The van der Waals surface area contributed by atoms with E-state index < -0.39 is 6.43 Å². The molecule has 1 aromatic heterocycles. The van der Waals surface area contributed by atoms with Crippen molar-refractivity contribution in [3.05, 3.63) is 12.4 Å². The molecule has 0 N–H and O–H groups in total. The Morgan fingerprint density at radius 3 is 2.91 bits per heavy atom. The lowest BCUT2D eigenvalue weighted by atomic mass is 10.7. The molecule has 6 heteroatoms. The van der Waals surface area contributed by atoms with Gasteiger partial charge in [-0.15, -0.1) is 11.7 Å². The fraction of sp³-hybridized carbons (Fsp3) is 0.400. The first kappa shape index (κ1) is 8.86. The van der Waals surface area contributed by atoms with E-state index in [4.69, 9.17) is 0 Å². The number of halogens is 2. The summed E-state index contributed by atoms with van der Waals surface area (Å²) in [5.41, 5.74) is 0. The van der Waals surface area contributed by atoms with Crippen LogP contribution in [0.3, 0.4) is 0 Å². The molecule has 0 aliphatic rings. The summed E-state index contributed by atoms with van der Waals surface area (Å²) in [6.45, 7) is -0.353. The third-order valence-corrected chi connectivity index (χ3v) is 2.09. The first-order valence-electron chi connectivity index (χ1n) is 2.84. The number of thiol groups is 1. The fourth-order valence-electron chi connectivity index (χ4n) is 0.633. The van der Waals surface area contributed by atoms with E-state index in [0.29, 0.717) is 0 Å². The van der Waals surface area contributed by atoms with Crippen LogP contribution in [-0.2, 0) is 6.54 Å². The zero-order valence-electron chi connectivity index (χ0n) is 5.44. The summed E-state index contributed by atoms with van der Waals surface area (Å²) in [7, 11) is 1.18. The number of hydrogen-bond donors (Lipinski definition) is 1. The molecule has 1 heterocycles. The third-order valence-electron chi connectivity index (χ3n) is 1.04. The summed E-state index contributed by atoms with van der Waals surface area (Å²) in [5.74, 6) is 0.